The van der Waals surface area contributed by atoms with Crippen LogP contribution in [0.4, 0.5) is 0 Å². The van der Waals surface area contributed by atoms with Crippen LogP contribution in [0.2, 0.25) is 0 Å². The van der Waals surface area contributed by atoms with Crippen LogP contribution in [-0.4, -0.2) is 5.78 Å². The van der Waals surface area contributed by atoms with Gasteiger partial charge in [0.05, 0.1) is 0 Å². The van der Waals surface area contributed by atoms with E-state index in [1.165, 1.54) is 0 Å². The SMILES string of the molecule is CC(=O)CC/C=C/CC(C)(C)C. The van der Waals surface area contributed by atoms with Crippen molar-refractivity contribution in [3.8, 4) is 0 Å². The van der Waals surface area contributed by atoms with Crippen molar-refractivity contribution in [1.29, 1.82) is 0 Å². The first kappa shape index (κ1) is 11.4. The third-order valence-electron chi connectivity index (χ3n) is 1.56. The molecule has 1 nitrogen and oxygen atoms in total. The first-order chi connectivity index (χ1) is 5.42. The second-order valence-electron chi connectivity index (χ2n) is 4.48. The average molecular weight is 168 g/mol. The van der Waals surface area contributed by atoms with Gasteiger partial charge in [-0.2, -0.15) is 0 Å². The Morgan fingerprint density at radius 1 is 1.25 bits per heavy atom. The van der Waals surface area contributed by atoms with Crippen molar-refractivity contribution in [3.63, 3.8) is 0 Å². The molecule has 12 heavy (non-hydrogen) atoms. The zero-order chi connectivity index (χ0) is 9.61. The summed E-state index contributed by atoms with van der Waals surface area (Å²) >= 11 is 0. The fraction of sp³-hybridized carbons (Fsp3) is 0.727. The summed E-state index contributed by atoms with van der Waals surface area (Å²) in [5, 5.41) is 0. The summed E-state index contributed by atoms with van der Waals surface area (Å²) in [5.41, 5.74) is 0.368. The maximum Gasteiger partial charge on any atom is 0.130 e. The molecule has 0 saturated heterocycles. The van der Waals surface area contributed by atoms with Crippen molar-refractivity contribution in [1.82, 2.24) is 0 Å². The number of hydrogen-bond donors (Lipinski definition) is 0. The van der Waals surface area contributed by atoms with E-state index in [4.69, 9.17) is 0 Å². The zero-order valence-corrected chi connectivity index (χ0v) is 8.68. The summed E-state index contributed by atoms with van der Waals surface area (Å²) in [6.07, 6.45) is 6.94. The van der Waals surface area contributed by atoms with Gasteiger partial charge in [0, 0.05) is 6.42 Å². The molecule has 0 aromatic carbocycles. The molecule has 0 aliphatic carbocycles. The van der Waals surface area contributed by atoms with E-state index in [0.717, 1.165) is 12.8 Å². The molecule has 0 N–H and O–H groups in total. The maximum atomic E-state index is 10.6. The molecule has 0 aliphatic heterocycles. The van der Waals surface area contributed by atoms with E-state index < -0.39 is 0 Å². The Labute approximate surface area is 75.9 Å². The van der Waals surface area contributed by atoms with Crippen molar-refractivity contribution in [3.05, 3.63) is 12.2 Å². The van der Waals surface area contributed by atoms with E-state index in [0.29, 0.717) is 11.8 Å². The van der Waals surface area contributed by atoms with Crippen LogP contribution in [0.25, 0.3) is 0 Å². The van der Waals surface area contributed by atoms with Gasteiger partial charge in [0.1, 0.15) is 5.78 Å². The number of carbonyl (C=O) groups is 1. The second-order valence-corrected chi connectivity index (χ2v) is 4.48. The van der Waals surface area contributed by atoms with Crippen molar-refractivity contribution < 1.29 is 4.79 Å². The molecule has 0 atom stereocenters. The molecule has 0 spiro atoms. The van der Waals surface area contributed by atoms with Crippen molar-refractivity contribution in [2.45, 2.75) is 47.0 Å². The molecule has 0 amide bonds. The highest BCUT2D eigenvalue weighted by atomic mass is 16.1. The minimum Gasteiger partial charge on any atom is -0.300 e. The molecule has 0 aromatic rings. The molecule has 1 heteroatoms. The predicted octanol–water partition coefficient (Wildman–Crippen LogP) is 3.35. The molecule has 0 radical (unpaired) electrons. The number of carbonyl (C=O) groups excluding carboxylic acids is 1. The highest BCUT2D eigenvalue weighted by molar-refractivity contribution is 5.75. The molecule has 0 bridgehead atoms. The van der Waals surface area contributed by atoms with Crippen molar-refractivity contribution in [2.24, 2.45) is 5.41 Å². The summed E-state index contributed by atoms with van der Waals surface area (Å²) in [6, 6.07) is 0. The lowest BCUT2D eigenvalue weighted by Crippen LogP contribution is -2.01. The van der Waals surface area contributed by atoms with Gasteiger partial charge in [-0.1, -0.05) is 32.9 Å². The van der Waals surface area contributed by atoms with Gasteiger partial charge >= 0.3 is 0 Å². The van der Waals surface area contributed by atoms with E-state index in [2.05, 4.69) is 32.9 Å². The van der Waals surface area contributed by atoms with Gasteiger partial charge in [0.15, 0.2) is 0 Å². The lowest BCUT2D eigenvalue weighted by atomic mass is 9.92. The summed E-state index contributed by atoms with van der Waals surface area (Å²) in [4.78, 5) is 10.6. The molecule has 0 fully saturated rings. The van der Waals surface area contributed by atoms with Crippen LogP contribution in [-0.2, 0) is 4.79 Å². The lowest BCUT2D eigenvalue weighted by molar-refractivity contribution is -0.116. The number of rotatable bonds is 4. The molecule has 70 valence electrons. The normalized spacial score (nSPS) is 12.3. The number of allylic oxidation sites excluding steroid dienone is 2. The Balaban J connectivity index is 3.45. The smallest absolute Gasteiger partial charge is 0.130 e. The van der Waals surface area contributed by atoms with Gasteiger partial charge in [-0.05, 0) is 25.2 Å². The minimum absolute atomic E-state index is 0.274. The Hall–Kier alpha value is -0.590. The van der Waals surface area contributed by atoms with E-state index in [-0.39, 0.29) is 5.78 Å². The van der Waals surface area contributed by atoms with Gasteiger partial charge in [0.25, 0.3) is 0 Å². The summed E-state index contributed by atoms with van der Waals surface area (Å²) in [5.74, 6) is 0.274. The second kappa shape index (κ2) is 5.13. The fourth-order valence-electron chi connectivity index (χ4n) is 0.841. The average Bonchev–Trinajstić information content (AvgIpc) is 1.83. The van der Waals surface area contributed by atoms with Crippen LogP contribution in [0.15, 0.2) is 12.2 Å². The van der Waals surface area contributed by atoms with E-state index in [1.54, 1.807) is 6.92 Å². The Morgan fingerprint density at radius 3 is 2.25 bits per heavy atom. The maximum absolute atomic E-state index is 10.6. The fourth-order valence-corrected chi connectivity index (χ4v) is 0.841. The Kier molecular flexibility index (Phi) is 4.87. The van der Waals surface area contributed by atoms with Crippen LogP contribution in [0.1, 0.15) is 47.0 Å². The number of Topliss-reactive ketones (excluding diaryl/α,β-unsaturated/α-hetero) is 1. The van der Waals surface area contributed by atoms with Crippen LogP contribution in [0.3, 0.4) is 0 Å². The van der Waals surface area contributed by atoms with Crippen LogP contribution >= 0.6 is 0 Å². The first-order valence-electron chi connectivity index (χ1n) is 4.56. The molecule has 0 aromatic heterocycles. The van der Waals surface area contributed by atoms with Crippen LogP contribution < -0.4 is 0 Å². The van der Waals surface area contributed by atoms with Gasteiger partial charge in [-0.25, -0.2) is 0 Å². The molecule has 0 rings (SSSR count). The van der Waals surface area contributed by atoms with Gasteiger partial charge in [-0.15, -0.1) is 0 Å². The third-order valence-corrected chi connectivity index (χ3v) is 1.56. The Bertz CT molecular complexity index is 160. The van der Waals surface area contributed by atoms with E-state index in [9.17, 15) is 4.79 Å². The molecule has 0 unspecified atom stereocenters. The number of hydrogen-bond acceptors (Lipinski definition) is 1. The monoisotopic (exact) mass is 168 g/mol. The standard InChI is InChI=1S/C11H20O/c1-10(12)8-6-5-7-9-11(2,3)4/h5,7H,6,8-9H2,1-4H3/b7-5+. The van der Waals surface area contributed by atoms with Crippen molar-refractivity contribution >= 4 is 5.78 Å². The van der Waals surface area contributed by atoms with Crippen molar-refractivity contribution in [2.75, 3.05) is 0 Å². The largest absolute Gasteiger partial charge is 0.300 e. The summed E-state index contributed by atoms with van der Waals surface area (Å²) in [6.45, 7) is 8.27. The van der Waals surface area contributed by atoms with E-state index in [1.807, 2.05) is 0 Å². The molecular formula is C11H20O. The molecular weight excluding hydrogens is 148 g/mol. The highest BCUT2D eigenvalue weighted by Crippen LogP contribution is 2.18. The van der Waals surface area contributed by atoms with Crippen LogP contribution in [0.5, 0.6) is 0 Å². The molecule has 0 heterocycles. The third kappa shape index (κ3) is 9.41. The molecule has 0 aliphatic rings. The van der Waals surface area contributed by atoms with E-state index >= 15 is 0 Å². The van der Waals surface area contributed by atoms with Gasteiger partial charge in [-0.3, -0.25) is 0 Å². The predicted molar refractivity (Wildman–Crippen MR) is 53.1 cm³/mol. The Morgan fingerprint density at radius 2 is 1.83 bits per heavy atom. The summed E-state index contributed by atoms with van der Waals surface area (Å²) < 4.78 is 0. The van der Waals surface area contributed by atoms with Crippen LogP contribution in [0, 0.1) is 5.41 Å². The minimum atomic E-state index is 0.274. The zero-order valence-electron chi connectivity index (χ0n) is 8.68. The highest BCUT2D eigenvalue weighted by Gasteiger charge is 2.05. The number of ketones is 1. The van der Waals surface area contributed by atoms with Gasteiger partial charge in [0.2, 0.25) is 0 Å². The topological polar surface area (TPSA) is 17.1 Å². The molecule has 0 saturated carbocycles. The van der Waals surface area contributed by atoms with Gasteiger partial charge < -0.3 is 4.79 Å². The quantitative estimate of drug-likeness (QED) is 0.588. The first-order valence-corrected chi connectivity index (χ1v) is 4.56. The summed E-state index contributed by atoms with van der Waals surface area (Å²) in [7, 11) is 0. The lowest BCUT2D eigenvalue weighted by Gasteiger charge is -2.14.